The van der Waals surface area contributed by atoms with Gasteiger partial charge in [0.05, 0.1) is 18.3 Å². The Labute approximate surface area is 157 Å². The van der Waals surface area contributed by atoms with Crippen LogP contribution in [0, 0.1) is 6.92 Å². The van der Waals surface area contributed by atoms with Crippen molar-refractivity contribution in [3.63, 3.8) is 0 Å². The molecule has 0 aromatic heterocycles. The minimum absolute atomic E-state index is 0.100. The highest BCUT2D eigenvalue weighted by molar-refractivity contribution is 5.72. The van der Waals surface area contributed by atoms with Crippen molar-refractivity contribution in [2.75, 3.05) is 25.4 Å². The Balaban J connectivity index is 1.98. The second kappa shape index (κ2) is 8.30. The zero-order valence-electron chi connectivity index (χ0n) is 17.1. The number of esters is 1. The average molecular weight is 363 g/mol. The van der Waals surface area contributed by atoms with Gasteiger partial charge in [-0.3, -0.25) is 9.69 Å². The van der Waals surface area contributed by atoms with E-state index >= 15 is 0 Å². The summed E-state index contributed by atoms with van der Waals surface area (Å²) in [5, 5.41) is 0. The first-order valence-corrected chi connectivity index (χ1v) is 9.56. The highest BCUT2D eigenvalue weighted by atomic mass is 16.6. The molecule has 1 aromatic carbocycles. The fraction of sp³-hybridized carbons (Fsp3) is 0.667. The Morgan fingerprint density at radius 1 is 1.27 bits per heavy atom. The van der Waals surface area contributed by atoms with Gasteiger partial charge in [-0.25, -0.2) is 0 Å². The zero-order valence-corrected chi connectivity index (χ0v) is 17.1. The number of nitrogens with zero attached hydrogens (tertiary/aromatic N) is 1. The fourth-order valence-electron chi connectivity index (χ4n) is 3.48. The number of likely N-dealkylation sites (tertiary alicyclic amines) is 1. The lowest BCUT2D eigenvalue weighted by Crippen LogP contribution is -2.39. The molecular formula is C21H34N2O3. The molecule has 0 unspecified atom stereocenters. The van der Waals surface area contributed by atoms with Gasteiger partial charge in [-0.2, -0.15) is 0 Å². The number of carbonyl (C=O) groups is 1. The average Bonchev–Trinajstić information content (AvgIpc) is 2.48. The van der Waals surface area contributed by atoms with Crippen molar-refractivity contribution in [1.29, 1.82) is 0 Å². The molecule has 0 atom stereocenters. The number of ether oxygens (including phenoxy) is 2. The summed E-state index contributed by atoms with van der Waals surface area (Å²) < 4.78 is 11.3. The summed E-state index contributed by atoms with van der Waals surface area (Å²) in [7, 11) is 0. The molecule has 0 spiro atoms. The normalized spacial score (nSPS) is 16.7. The number of aryl methyl sites for hydroxylation is 1. The van der Waals surface area contributed by atoms with Crippen molar-refractivity contribution in [1.82, 2.24) is 4.90 Å². The largest absolute Gasteiger partial charge is 0.489 e. The van der Waals surface area contributed by atoms with Crippen LogP contribution in [0.15, 0.2) is 12.1 Å². The molecule has 1 aromatic rings. The third-order valence-electron chi connectivity index (χ3n) is 4.56. The van der Waals surface area contributed by atoms with Crippen LogP contribution < -0.4 is 10.5 Å². The molecular weight excluding hydrogens is 328 g/mol. The van der Waals surface area contributed by atoms with Crippen LogP contribution in [-0.2, 0) is 9.53 Å². The molecule has 1 heterocycles. The Bertz CT molecular complexity index is 627. The van der Waals surface area contributed by atoms with E-state index < -0.39 is 5.60 Å². The minimum Gasteiger partial charge on any atom is -0.489 e. The van der Waals surface area contributed by atoms with E-state index in [0.29, 0.717) is 18.2 Å². The first-order valence-electron chi connectivity index (χ1n) is 9.56. The Kier molecular flexibility index (Phi) is 6.56. The molecule has 5 heteroatoms. The molecule has 1 aliphatic rings. The van der Waals surface area contributed by atoms with Gasteiger partial charge in [0.15, 0.2) is 0 Å². The Morgan fingerprint density at radius 2 is 1.88 bits per heavy atom. The summed E-state index contributed by atoms with van der Waals surface area (Å²) in [5.41, 5.74) is 8.90. The van der Waals surface area contributed by atoms with Crippen molar-refractivity contribution in [3.8, 4) is 5.75 Å². The molecule has 146 valence electrons. The van der Waals surface area contributed by atoms with Crippen molar-refractivity contribution in [2.24, 2.45) is 0 Å². The molecule has 0 amide bonds. The van der Waals surface area contributed by atoms with Crippen LogP contribution in [-0.4, -0.2) is 42.2 Å². The van der Waals surface area contributed by atoms with Gasteiger partial charge >= 0.3 is 5.97 Å². The van der Waals surface area contributed by atoms with Crippen LogP contribution in [0.1, 0.15) is 64.5 Å². The van der Waals surface area contributed by atoms with Gasteiger partial charge in [0.2, 0.25) is 0 Å². The second-order valence-electron chi connectivity index (χ2n) is 8.55. The first kappa shape index (κ1) is 20.6. The summed E-state index contributed by atoms with van der Waals surface area (Å²) >= 11 is 0. The molecule has 0 aliphatic carbocycles. The molecule has 0 saturated carbocycles. The highest BCUT2D eigenvalue weighted by Gasteiger charge is 2.25. The van der Waals surface area contributed by atoms with Gasteiger partial charge in [-0.05, 0) is 96.7 Å². The van der Waals surface area contributed by atoms with Crippen molar-refractivity contribution in [3.05, 3.63) is 23.3 Å². The van der Waals surface area contributed by atoms with Gasteiger partial charge in [0, 0.05) is 0 Å². The Hall–Kier alpha value is -1.75. The maximum Gasteiger partial charge on any atom is 0.320 e. The number of nitrogen functional groups attached to an aromatic ring is 1. The van der Waals surface area contributed by atoms with E-state index in [9.17, 15) is 4.79 Å². The highest BCUT2D eigenvalue weighted by Crippen LogP contribution is 2.35. The van der Waals surface area contributed by atoms with Gasteiger partial charge < -0.3 is 15.2 Å². The first-order chi connectivity index (χ1) is 12.0. The van der Waals surface area contributed by atoms with Crippen LogP contribution in [0.3, 0.4) is 0 Å². The number of benzene rings is 1. The van der Waals surface area contributed by atoms with E-state index in [2.05, 4.69) is 17.9 Å². The summed E-state index contributed by atoms with van der Waals surface area (Å²) in [6, 6.07) is 4.12. The topological polar surface area (TPSA) is 64.8 Å². The quantitative estimate of drug-likeness (QED) is 0.636. The van der Waals surface area contributed by atoms with Crippen LogP contribution in [0.4, 0.5) is 5.69 Å². The van der Waals surface area contributed by atoms with E-state index in [4.69, 9.17) is 15.2 Å². The number of piperidine rings is 1. The van der Waals surface area contributed by atoms with Crippen molar-refractivity contribution >= 4 is 11.7 Å². The summed E-state index contributed by atoms with van der Waals surface area (Å²) in [5.74, 6) is 1.10. The molecule has 1 aliphatic heterocycles. The third-order valence-corrected chi connectivity index (χ3v) is 4.56. The molecule has 26 heavy (non-hydrogen) atoms. The maximum absolute atomic E-state index is 12.0. The monoisotopic (exact) mass is 362 g/mol. The molecule has 1 saturated heterocycles. The molecule has 0 bridgehead atoms. The summed E-state index contributed by atoms with van der Waals surface area (Å²) in [4.78, 5) is 14.2. The van der Waals surface area contributed by atoms with Gasteiger partial charge in [0.25, 0.3) is 0 Å². The summed E-state index contributed by atoms with van der Waals surface area (Å²) in [6.45, 7) is 14.0. The van der Waals surface area contributed by atoms with E-state index in [1.165, 1.54) is 11.1 Å². The SMILES string of the molecule is Cc1cc(N)c(OC(C)C)cc1C1CCN(CC(=O)OC(C)(C)C)CC1. The van der Waals surface area contributed by atoms with Gasteiger partial charge in [0.1, 0.15) is 11.4 Å². The van der Waals surface area contributed by atoms with Gasteiger partial charge in [-0.15, -0.1) is 0 Å². The third kappa shape index (κ3) is 5.90. The van der Waals surface area contributed by atoms with E-state index in [1.807, 2.05) is 40.7 Å². The minimum atomic E-state index is -0.427. The smallest absolute Gasteiger partial charge is 0.320 e. The predicted octanol–water partition coefficient (Wildman–Crippen LogP) is 3.89. The number of nitrogens with two attached hydrogens (primary N) is 1. The number of anilines is 1. The van der Waals surface area contributed by atoms with E-state index in [0.717, 1.165) is 31.7 Å². The second-order valence-corrected chi connectivity index (χ2v) is 8.55. The molecule has 2 N–H and O–H groups in total. The predicted molar refractivity (Wildman–Crippen MR) is 106 cm³/mol. The zero-order chi connectivity index (χ0) is 19.5. The number of carbonyl (C=O) groups excluding carboxylic acids is 1. The fourth-order valence-corrected chi connectivity index (χ4v) is 3.48. The Morgan fingerprint density at radius 3 is 2.42 bits per heavy atom. The van der Waals surface area contributed by atoms with E-state index in [1.54, 1.807) is 0 Å². The lowest BCUT2D eigenvalue weighted by atomic mass is 9.86. The molecule has 5 nitrogen and oxygen atoms in total. The van der Waals surface area contributed by atoms with Gasteiger partial charge in [-0.1, -0.05) is 0 Å². The molecule has 0 radical (unpaired) electrons. The standard InChI is InChI=1S/C21H34N2O3/c1-14(2)25-19-12-17(15(3)11-18(19)22)16-7-9-23(10-8-16)13-20(24)26-21(4,5)6/h11-12,14,16H,7-10,13,22H2,1-6H3. The van der Waals surface area contributed by atoms with Crippen LogP contribution in [0.5, 0.6) is 5.75 Å². The van der Waals surface area contributed by atoms with Crippen LogP contribution in [0.2, 0.25) is 0 Å². The van der Waals surface area contributed by atoms with Crippen molar-refractivity contribution < 1.29 is 14.3 Å². The lowest BCUT2D eigenvalue weighted by Gasteiger charge is -2.33. The molecule has 2 rings (SSSR count). The van der Waals surface area contributed by atoms with Crippen LogP contribution in [0.25, 0.3) is 0 Å². The number of hydrogen-bond donors (Lipinski definition) is 1. The summed E-state index contributed by atoms with van der Waals surface area (Å²) in [6.07, 6.45) is 2.15. The van der Waals surface area contributed by atoms with Crippen molar-refractivity contribution in [2.45, 2.75) is 72.0 Å². The maximum atomic E-state index is 12.0. The number of rotatable bonds is 5. The molecule has 1 fully saturated rings. The van der Waals surface area contributed by atoms with E-state index in [-0.39, 0.29) is 12.1 Å². The lowest BCUT2D eigenvalue weighted by molar-refractivity contribution is -0.156. The number of hydrogen-bond acceptors (Lipinski definition) is 5. The van der Waals surface area contributed by atoms with Crippen LogP contribution >= 0.6 is 0 Å².